The van der Waals surface area contributed by atoms with Crippen LogP contribution in [0, 0.1) is 5.41 Å². The minimum absolute atomic E-state index is 0.0130. The van der Waals surface area contributed by atoms with Gasteiger partial charge in [-0.3, -0.25) is 9.59 Å². The van der Waals surface area contributed by atoms with Crippen molar-refractivity contribution in [3.63, 3.8) is 0 Å². The van der Waals surface area contributed by atoms with Crippen molar-refractivity contribution in [3.05, 3.63) is 69.7 Å². The number of sulfonamides is 1. The van der Waals surface area contributed by atoms with Crippen molar-refractivity contribution in [2.75, 3.05) is 26.7 Å². The molecule has 2 aromatic carbocycles. The number of nitrogens with one attached hydrogen (secondary N) is 1. The molecule has 0 radical (unpaired) electrons. The number of benzene rings is 2. The lowest BCUT2D eigenvalue weighted by Crippen LogP contribution is -2.56. The Kier molecular flexibility index (Phi) is 10.6. The van der Waals surface area contributed by atoms with Crippen LogP contribution in [0.15, 0.2) is 48.5 Å². The number of nitrogens with zero attached hydrogens (tertiary/aromatic N) is 2. The van der Waals surface area contributed by atoms with E-state index < -0.39 is 15.4 Å². The number of carbonyl (C=O) groups is 2. The average molecular weight is 639 g/mol. The predicted molar refractivity (Wildman–Crippen MR) is 166 cm³/mol. The first-order valence-electron chi connectivity index (χ1n) is 14.5. The van der Waals surface area contributed by atoms with Gasteiger partial charge in [-0.2, -0.15) is 0 Å². The van der Waals surface area contributed by atoms with Crippen LogP contribution in [0.3, 0.4) is 0 Å². The van der Waals surface area contributed by atoms with Gasteiger partial charge in [0.2, 0.25) is 21.8 Å². The van der Waals surface area contributed by atoms with Crippen molar-refractivity contribution in [2.45, 2.75) is 75.6 Å². The van der Waals surface area contributed by atoms with Gasteiger partial charge in [-0.05, 0) is 74.4 Å². The van der Waals surface area contributed by atoms with Crippen molar-refractivity contribution in [3.8, 4) is 0 Å². The first kappa shape index (κ1) is 32.7. The third-order valence-corrected chi connectivity index (χ3v) is 11.4. The highest BCUT2D eigenvalue weighted by molar-refractivity contribution is 7.90. The predicted octanol–water partition coefficient (Wildman–Crippen LogP) is 5.15. The summed E-state index contributed by atoms with van der Waals surface area (Å²) in [7, 11) is -1.75. The Labute approximate surface area is 259 Å². The van der Waals surface area contributed by atoms with E-state index in [0.717, 1.165) is 11.1 Å². The van der Waals surface area contributed by atoms with Gasteiger partial charge < -0.3 is 15.3 Å². The first-order chi connectivity index (χ1) is 19.9. The van der Waals surface area contributed by atoms with Crippen LogP contribution in [-0.4, -0.2) is 72.6 Å². The molecule has 2 fully saturated rings. The maximum atomic E-state index is 14.5. The summed E-state index contributed by atoms with van der Waals surface area (Å²) in [6, 6.07) is 14.3. The van der Waals surface area contributed by atoms with E-state index in [1.807, 2.05) is 49.1 Å². The maximum absolute atomic E-state index is 14.5. The molecule has 2 amide bonds. The SMILES string of the molecule is C[C@@H](CCN(C)S(=O)(=O)C1CC1)N1C(=O)[C@@](C)(CC(=O)NCCCO)C[C@H](c2cccc(Cl)c2)[C@H]1c1ccc(Cl)cc1. The van der Waals surface area contributed by atoms with Crippen LogP contribution >= 0.6 is 23.2 Å². The zero-order chi connectivity index (χ0) is 30.7. The number of carbonyl (C=O) groups excluding carboxylic acids is 2. The Hall–Kier alpha value is -2.17. The van der Waals surface area contributed by atoms with Gasteiger partial charge in [-0.15, -0.1) is 0 Å². The molecular weight excluding hydrogens is 597 g/mol. The summed E-state index contributed by atoms with van der Waals surface area (Å²) < 4.78 is 27.1. The fraction of sp³-hybridized carbons (Fsp3) is 0.548. The van der Waals surface area contributed by atoms with Gasteiger partial charge in [0.1, 0.15) is 0 Å². The molecule has 0 aromatic heterocycles. The number of piperidine rings is 1. The molecule has 42 heavy (non-hydrogen) atoms. The fourth-order valence-corrected chi connectivity index (χ4v) is 7.93. The van der Waals surface area contributed by atoms with Crippen molar-refractivity contribution < 1.29 is 23.1 Å². The lowest BCUT2D eigenvalue weighted by atomic mass is 9.67. The normalized spacial score (nSPS) is 23.7. The Morgan fingerprint density at radius 3 is 2.45 bits per heavy atom. The Morgan fingerprint density at radius 1 is 1.14 bits per heavy atom. The minimum atomic E-state index is -3.35. The summed E-state index contributed by atoms with van der Waals surface area (Å²) in [5.74, 6) is -0.608. The summed E-state index contributed by atoms with van der Waals surface area (Å²) in [6.07, 6.45) is 2.63. The minimum Gasteiger partial charge on any atom is -0.396 e. The van der Waals surface area contributed by atoms with E-state index in [2.05, 4.69) is 5.32 Å². The molecule has 1 saturated heterocycles. The molecule has 1 saturated carbocycles. The molecule has 11 heteroatoms. The molecule has 0 spiro atoms. The van der Waals surface area contributed by atoms with E-state index >= 15 is 0 Å². The maximum Gasteiger partial charge on any atom is 0.229 e. The largest absolute Gasteiger partial charge is 0.396 e. The van der Waals surface area contributed by atoms with E-state index in [4.69, 9.17) is 28.3 Å². The number of hydrogen-bond acceptors (Lipinski definition) is 5. The smallest absolute Gasteiger partial charge is 0.229 e. The quantitative estimate of drug-likeness (QED) is 0.296. The highest BCUT2D eigenvalue weighted by Crippen LogP contribution is 2.52. The number of rotatable bonds is 13. The lowest BCUT2D eigenvalue weighted by molar-refractivity contribution is -0.157. The number of aliphatic hydroxyl groups excluding tert-OH is 1. The Balaban J connectivity index is 1.73. The van der Waals surface area contributed by atoms with E-state index in [0.29, 0.717) is 48.7 Å². The summed E-state index contributed by atoms with van der Waals surface area (Å²) >= 11 is 12.7. The molecule has 1 aliphatic heterocycles. The zero-order valence-electron chi connectivity index (χ0n) is 24.4. The second-order valence-electron chi connectivity index (χ2n) is 11.9. The van der Waals surface area contributed by atoms with Gasteiger partial charge in [0.05, 0.1) is 16.7 Å². The topological polar surface area (TPSA) is 107 Å². The van der Waals surface area contributed by atoms with Gasteiger partial charge in [-0.1, -0.05) is 54.4 Å². The zero-order valence-corrected chi connectivity index (χ0v) is 26.8. The van der Waals surface area contributed by atoms with Crippen molar-refractivity contribution in [2.24, 2.45) is 5.41 Å². The number of aliphatic hydroxyl groups is 1. The number of likely N-dealkylation sites (tertiary alicyclic amines) is 1. The molecule has 8 nitrogen and oxygen atoms in total. The van der Waals surface area contributed by atoms with Crippen LogP contribution in [-0.2, 0) is 19.6 Å². The monoisotopic (exact) mass is 637 g/mol. The summed E-state index contributed by atoms with van der Waals surface area (Å²) in [6.45, 7) is 4.34. The Bertz CT molecular complexity index is 1370. The molecule has 1 heterocycles. The highest BCUT2D eigenvalue weighted by atomic mass is 35.5. The van der Waals surface area contributed by atoms with E-state index in [9.17, 15) is 18.0 Å². The summed E-state index contributed by atoms with van der Waals surface area (Å²) in [4.78, 5) is 29.4. The number of halogens is 2. The number of amides is 2. The van der Waals surface area contributed by atoms with Crippen LogP contribution in [0.5, 0.6) is 0 Å². The van der Waals surface area contributed by atoms with Crippen LogP contribution in [0.1, 0.15) is 75.5 Å². The molecule has 0 unspecified atom stereocenters. The lowest BCUT2D eigenvalue weighted by Gasteiger charge is -2.51. The molecule has 2 aromatic rings. The molecule has 4 rings (SSSR count). The van der Waals surface area contributed by atoms with Crippen molar-refractivity contribution >= 4 is 45.0 Å². The van der Waals surface area contributed by atoms with Crippen LogP contribution in [0.4, 0.5) is 0 Å². The van der Waals surface area contributed by atoms with Gasteiger partial charge in [0.25, 0.3) is 0 Å². The fourth-order valence-electron chi connectivity index (χ4n) is 6.01. The molecule has 0 bridgehead atoms. The third kappa shape index (κ3) is 7.48. The van der Waals surface area contributed by atoms with E-state index in [1.165, 1.54) is 4.31 Å². The van der Waals surface area contributed by atoms with E-state index in [1.54, 1.807) is 25.2 Å². The molecule has 2 aliphatic rings. The highest BCUT2D eigenvalue weighted by Gasteiger charge is 2.52. The van der Waals surface area contributed by atoms with Crippen LogP contribution in [0.25, 0.3) is 0 Å². The summed E-state index contributed by atoms with van der Waals surface area (Å²) in [5.41, 5.74) is 0.824. The number of hydrogen-bond donors (Lipinski definition) is 2. The van der Waals surface area contributed by atoms with Crippen LogP contribution < -0.4 is 5.32 Å². The van der Waals surface area contributed by atoms with Crippen LogP contribution in [0.2, 0.25) is 10.0 Å². The van der Waals surface area contributed by atoms with Gasteiger partial charge in [-0.25, -0.2) is 12.7 Å². The molecule has 230 valence electrons. The third-order valence-electron chi connectivity index (χ3n) is 8.51. The summed E-state index contributed by atoms with van der Waals surface area (Å²) in [5, 5.41) is 12.8. The first-order valence-corrected chi connectivity index (χ1v) is 16.8. The average Bonchev–Trinajstić information content (AvgIpc) is 3.80. The standard InChI is InChI=1S/C31H41Cl2N3O5S/c1-21(14-16-35(3)42(40,41)26-12-13-26)36-29(22-8-10-24(32)11-9-22)27(23-6-4-7-25(33)18-23)19-31(2,30(36)39)20-28(38)34-15-5-17-37/h4,6-11,18,21,26-27,29,37H,5,12-17,19-20H2,1-3H3,(H,34,38)/t21-,27+,29+,31+/m0/s1. The molecular formula is C31H41Cl2N3O5S. The second kappa shape index (κ2) is 13.6. The molecule has 2 N–H and O–H groups in total. The molecule has 4 atom stereocenters. The Morgan fingerprint density at radius 2 is 1.83 bits per heavy atom. The van der Waals surface area contributed by atoms with Gasteiger partial charge >= 0.3 is 0 Å². The van der Waals surface area contributed by atoms with Gasteiger partial charge in [0, 0.05) is 55.2 Å². The van der Waals surface area contributed by atoms with Crippen molar-refractivity contribution in [1.82, 2.24) is 14.5 Å². The van der Waals surface area contributed by atoms with Gasteiger partial charge in [0.15, 0.2) is 0 Å². The van der Waals surface area contributed by atoms with Crippen molar-refractivity contribution in [1.29, 1.82) is 0 Å². The van der Waals surface area contributed by atoms with E-state index in [-0.39, 0.29) is 54.6 Å². The second-order valence-corrected chi connectivity index (χ2v) is 15.1. The molecule has 1 aliphatic carbocycles.